The van der Waals surface area contributed by atoms with Crippen LogP contribution in [0, 0.1) is 0 Å². The lowest BCUT2D eigenvalue weighted by atomic mass is 9.96. The highest BCUT2D eigenvalue weighted by atomic mass is 32.1. The van der Waals surface area contributed by atoms with Crippen molar-refractivity contribution in [2.24, 2.45) is 0 Å². The van der Waals surface area contributed by atoms with Crippen LogP contribution in [0.4, 0.5) is 0 Å². The van der Waals surface area contributed by atoms with Crippen LogP contribution in [-0.4, -0.2) is 4.57 Å². The second kappa shape index (κ2) is 11.7. The summed E-state index contributed by atoms with van der Waals surface area (Å²) in [5.74, 6) is 0. The van der Waals surface area contributed by atoms with Gasteiger partial charge in [-0.05, 0) is 75.3 Å². The van der Waals surface area contributed by atoms with Crippen molar-refractivity contribution >= 4 is 53.3 Å². The smallest absolute Gasteiger partial charge is 0.0541 e. The maximum atomic E-state index is 2.44. The van der Waals surface area contributed by atoms with Gasteiger partial charge >= 0.3 is 0 Å². The number of benzene rings is 8. The highest BCUT2D eigenvalue weighted by molar-refractivity contribution is 7.25. The number of thiophene rings is 1. The van der Waals surface area contributed by atoms with Gasteiger partial charge in [-0.15, -0.1) is 11.3 Å². The zero-order valence-corrected chi connectivity index (χ0v) is 28.1. The van der Waals surface area contributed by atoms with Gasteiger partial charge in [-0.2, -0.15) is 0 Å². The molecule has 0 radical (unpaired) electrons. The fraction of sp³-hybridized carbons (Fsp3) is 0. The number of fused-ring (bicyclic) bond motifs is 6. The summed E-state index contributed by atoms with van der Waals surface area (Å²) in [6.07, 6.45) is 0. The second-order valence-corrected chi connectivity index (χ2v) is 14.0. The summed E-state index contributed by atoms with van der Waals surface area (Å²) in [6, 6.07) is 68.6. The molecule has 0 fully saturated rings. The molecule has 0 N–H and O–H groups in total. The lowest BCUT2D eigenvalue weighted by molar-refractivity contribution is 1.18. The van der Waals surface area contributed by atoms with E-state index in [9.17, 15) is 0 Å². The zero-order valence-electron chi connectivity index (χ0n) is 27.3. The fourth-order valence-electron chi connectivity index (χ4n) is 7.66. The van der Waals surface area contributed by atoms with Crippen LogP contribution in [0.15, 0.2) is 188 Å². The van der Waals surface area contributed by atoms with Gasteiger partial charge in [0.2, 0.25) is 0 Å². The van der Waals surface area contributed by atoms with E-state index in [1.165, 1.54) is 92.2 Å². The van der Waals surface area contributed by atoms with Crippen molar-refractivity contribution < 1.29 is 0 Å². The van der Waals surface area contributed by atoms with Crippen molar-refractivity contribution in [3.63, 3.8) is 0 Å². The molecule has 0 spiro atoms. The average molecular weight is 654 g/mol. The monoisotopic (exact) mass is 653 g/mol. The Morgan fingerprint density at radius 3 is 1.68 bits per heavy atom. The maximum absolute atomic E-state index is 2.44. The normalized spacial score (nSPS) is 11.6. The van der Waals surface area contributed by atoms with Gasteiger partial charge < -0.3 is 4.57 Å². The Morgan fingerprint density at radius 1 is 0.320 bits per heavy atom. The molecule has 2 heterocycles. The number of aromatic nitrogens is 1. The van der Waals surface area contributed by atoms with E-state index in [0.29, 0.717) is 0 Å². The molecule has 0 atom stereocenters. The molecule has 10 aromatic rings. The Balaban J connectivity index is 1.07. The van der Waals surface area contributed by atoms with E-state index in [-0.39, 0.29) is 0 Å². The van der Waals surface area contributed by atoms with Crippen LogP contribution in [0.5, 0.6) is 0 Å². The molecule has 0 unspecified atom stereocenters. The van der Waals surface area contributed by atoms with Crippen molar-refractivity contribution in [1.82, 2.24) is 4.57 Å². The standard InChI is InChI=1S/C48H31NS/c1-2-11-32(12-3-1)33-21-23-34(24-22-33)37-29-30-45-42(31-37)40-14-5-8-18-44(40)49(45)43-17-7-4-13-38(43)35-25-27-36(28-26-35)39-16-10-20-47-48(39)41-15-6-9-19-46(41)50-47/h1-31H. The molecule has 0 aliphatic rings. The minimum Gasteiger partial charge on any atom is -0.309 e. The zero-order chi connectivity index (χ0) is 33.0. The average Bonchev–Trinajstić information content (AvgIpc) is 3.74. The molecule has 50 heavy (non-hydrogen) atoms. The van der Waals surface area contributed by atoms with Crippen LogP contribution in [-0.2, 0) is 0 Å². The molecule has 0 aliphatic carbocycles. The maximum Gasteiger partial charge on any atom is 0.0541 e. The van der Waals surface area contributed by atoms with E-state index in [4.69, 9.17) is 0 Å². The number of para-hydroxylation sites is 2. The molecule has 234 valence electrons. The van der Waals surface area contributed by atoms with Crippen LogP contribution < -0.4 is 0 Å². The Hall–Kier alpha value is -6.22. The highest BCUT2D eigenvalue weighted by Crippen LogP contribution is 2.42. The first-order chi connectivity index (χ1) is 24.8. The third-order valence-electron chi connectivity index (χ3n) is 10.1. The van der Waals surface area contributed by atoms with Crippen molar-refractivity contribution in [2.75, 3.05) is 0 Å². The van der Waals surface area contributed by atoms with E-state index in [1.54, 1.807) is 0 Å². The van der Waals surface area contributed by atoms with Crippen molar-refractivity contribution in [3.8, 4) is 50.2 Å². The summed E-state index contributed by atoms with van der Waals surface area (Å²) in [6.45, 7) is 0. The summed E-state index contributed by atoms with van der Waals surface area (Å²) in [5.41, 5.74) is 13.4. The lowest BCUT2D eigenvalue weighted by Crippen LogP contribution is -1.97. The molecule has 2 aromatic heterocycles. The molecular formula is C48H31NS. The highest BCUT2D eigenvalue weighted by Gasteiger charge is 2.17. The Kier molecular flexibility index (Phi) is 6.75. The second-order valence-electron chi connectivity index (χ2n) is 12.9. The van der Waals surface area contributed by atoms with Gasteiger partial charge in [0.15, 0.2) is 0 Å². The Labute approximate surface area is 295 Å². The largest absolute Gasteiger partial charge is 0.309 e. The Bertz CT molecular complexity index is 2840. The molecule has 0 amide bonds. The summed E-state index contributed by atoms with van der Waals surface area (Å²) < 4.78 is 5.10. The van der Waals surface area contributed by atoms with Crippen LogP contribution >= 0.6 is 11.3 Å². The summed E-state index contributed by atoms with van der Waals surface area (Å²) >= 11 is 1.87. The minimum absolute atomic E-state index is 1.18. The molecule has 8 aromatic carbocycles. The Morgan fingerprint density at radius 2 is 0.860 bits per heavy atom. The van der Waals surface area contributed by atoms with E-state index in [2.05, 4.69) is 193 Å². The molecule has 0 saturated carbocycles. The first-order valence-corrected chi connectivity index (χ1v) is 17.9. The minimum atomic E-state index is 1.18. The predicted octanol–water partition coefficient (Wildman–Crippen LogP) is 13.8. The van der Waals surface area contributed by atoms with Gasteiger partial charge in [0.1, 0.15) is 0 Å². The van der Waals surface area contributed by atoms with Gasteiger partial charge in [-0.1, -0.05) is 152 Å². The number of hydrogen-bond acceptors (Lipinski definition) is 1. The first-order valence-electron chi connectivity index (χ1n) is 17.1. The lowest BCUT2D eigenvalue weighted by Gasteiger charge is -2.15. The molecule has 0 bridgehead atoms. The third kappa shape index (κ3) is 4.69. The van der Waals surface area contributed by atoms with Gasteiger partial charge in [-0.25, -0.2) is 0 Å². The quantitative estimate of drug-likeness (QED) is 0.174. The molecule has 0 aliphatic heterocycles. The summed E-state index contributed by atoms with van der Waals surface area (Å²) in [4.78, 5) is 0. The van der Waals surface area contributed by atoms with E-state index in [1.807, 2.05) is 11.3 Å². The number of rotatable bonds is 5. The van der Waals surface area contributed by atoms with Crippen LogP contribution in [0.1, 0.15) is 0 Å². The van der Waals surface area contributed by atoms with E-state index in [0.717, 1.165) is 0 Å². The summed E-state index contributed by atoms with van der Waals surface area (Å²) in [7, 11) is 0. The first kappa shape index (κ1) is 28.8. The predicted molar refractivity (Wildman–Crippen MR) is 215 cm³/mol. The number of nitrogens with zero attached hydrogens (tertiary/aromatic N) is 1. The third-order valence-corrected chi connectivity index (χ3v) is 11.2. The summed E-state index contributed by atoms with van der Waals surface area (Å²) in [5, 5.41) is 5.19. The van der Waals surface area contributed by atoms with Crippen molar-refractivity contribution in [1.29, 1.82) is 0 Å². The van der Waals surface area contributed by atoms with Gasteiger partial charge in [0, 0.05) is 36.5 Å². The van der Waals surface area contributed by atoms with E-state index >= 15 is 0 Å². The molecule has 0 saturated heterocycles. The molecule has 1 nitrogen and oxygen atoms in total. The van der Waals surface area contributed by atoms with Gasteiger partial charge in [0.05, 0.1) is 16.7 Å². The van der Waals surface area contributed by atoms with Gasteiger partial charge in [-0.3, -0.25) is 0 Å². The molecular weight excluding hydrogens is 623 g/mol. The van der Waals surface area contributed by atoms with Crippen molar-refractivity contribution in [2.45, 2.75) is 0 Å². The number of hydrogen-bond donors (Lipinski definition) is 0. The molecule has 2 heteroatoms. The SMILES string of the molecule is c1ccc(-c2ccc(-c3ccc4c(c3)c3ccccc3n4-c3ccccc3-c3ccc(-c4cccc5sc6ccccc6c45)cc3)cc2)cc1. The van der Waals surface area contributed by atoms with Gasteiger partial charge in [0.25, 0.3) is 0 Å². The van der Waals surface area contributed by atoms with Crippen LogP contribution in [0.25, 0.3) is 92.2 Å². The van der Waals surface area contributed by atoms with Crippen LogP contribution in [0.2, 0.25) is 0 Å². The van der Waals surface area contributed by atoms with E-state index < -0.39 is 0 Å². The molecule has 10 rings (SSSR count). The topological polar surface area (TPSA) is 4.93 Å². The van der Waals surface area contributed by atoms with Crippen LogP contribution in [0.3, 0.4) is 0 Å². The van der Waals surface area contributed by atoms with Crippen molar-refractivity contribution in [3.05, 3.63) is 188 Å². The fourth-order valence-corrected chi connectivity index (χ4v) is 8.79.